The number of hydrogen-bond acceptors (Lipinski definition) is 1. The van der Waals surface area contributed by atoms with Crippen LogP contribution in [0.5, 0.6) is 0 Å². The van der Waals surface area contributed by atoms with E-state index in [1.165, 1.54) is 11.3 Å². The van der Waals surface area contributed by atoms with Crippen molar-refractivity contribution in [3.8, 4) is 22.3 Å². The minimum atomic E-state index is -0.371. The molecule has 1 heterocycles. The highest BCUT2D eigenvalue weighted by Gasteiger charge is 2.24. The van der Waals surface area contributed by atoms with Gasteiger partial charge in [-0.15, -0.1) is 6.58 Å². The monoisotopic (exact) mass is 386 g/mol. The molecule has 0 unspecified atom stereocenters. The van der Waals surface area contributed by atoms with Gasteiger partial charge in [-0.2, -0.15) is 0 Å². The number of primary amides is 1. The van der Waals surface area contributed by atoms with Crippen LogP contribution >= 0.6 is 0 Å². The number of hydrogen-bond donors (Lipinski definition) is 1. The van der Waals surface area contributed by atoms with Crippen LogP contribution in [0.2, 0.25) is 0 Å². The van der Waals surface area contributed by atoms with Crippen LogP contribution in [0.4, 0.5) is 0 Å². The number of allylic oxidation sites excluding steroid dienone is 1. The largest absolute Gasteiger partial charge is 0.366 e. The van der Waals surface area contributed by atoms with Gasteiger partial charge >= 0.3 is 0 Å². The fourth-order valence-electron chi connectivity index (χ4n) is 4.05. The van der Waals surface area contributed by atoms with E-state index in [4.69, 9.17) is 5.73 Å². The first-order chi connectivity index (χ1) is 14.1. The standard InChI is InChI=1S/C26H30N2O/c1-4-6-8-13-23-25(24(26(27)29)19(3)28(23)18-5-2)22-16-14-21(15-17-22)20-11-9-7-10-12-20/h5,7,9-12,14-17H,2,4,6,8,13,18H2,1,3H3,(H2,27,29). The molecule has 0 spiro atoms. The van der Waals surface area contributed by atoms with Crippen LogP contribution in [-0.2, 0) is 13.0 Å². The first-order valence-electron chi connectivity index (χ1n) is 10.4. The average molecular weight is 387 g/mol. The highest BCUT2D eigenvalue weighted by Crippen LogP contribution is 2.35. The van der Waals surface area contributed by atoms with Crippen LogP contribution in [0.3, 0.4) is 0 Å². The molecule has 0 aliphatic heterocycles. The zero-order valence-electron chi connectivity index (χ0n) is 17.4. The molecule has 0 radical (unpaired) electrons. The number of benzene rings is 2. The molecule has 1 amide bonds. The van der Waals surface area contributed by atoms with E-state index in [0.717, 1.165) is 48.1 Å². The zero-order chi connectivity index (χ0) is 20.8. The molecule has 0 bridgehead atoms. The predicted octanol–water partition coefficient (Wildman–Crippen LogP) is 6.15. The maximum absolute atomic E-state index is 12.4. The van der Waals surface area contributed by atoms with Gasteiger partial charge in [0.2, 0.25) is 0 Å². The number of amides is 1. The summed E-state index contributed by atoms with van der Waals surface area (Å²) in [6.07, 6.45) is 6.21. The summed E-state index contributed by atoms with van der Waals surface area (Å²) in [6.45, 7) is 8.76. The summed E-state index contributed by atoms with van der Waals surface area (Å²) in [5.41, 5.74) is 12.9. The van der Waals surface area contributed by atoms with Gasteiger partial charge in [0.1, 0.15) is 0 Å². The van der Waals surface area contributed by atoms with Crippen molar-refractivity contribution in [3.05, 3.63) is 84.2 Å². The molecule has 29 heavy (non-hydrogen) atoms. The Labute approximate surface area is 173 Å². The van der Waals surface area contributed by atoms with Crippen molar-refractivity contribution in [2.45, 2.75) is 46.1 Å². The Kier molecular flexibility index (Phi) is 6.71. The van der Waals surface area contributed by atoms with Crippen LogP contribution in [-0.4, -0.2) is 10.5 Å². The molecule has 0 aliphatic rings. The Hall–Kier alpha value is -3.07. The van der Waals surface area contributed by atoms with E-state index >= 15 is 0 Å². The number of rotatable bonds is 9. The lowest BCUT2D eigenvalue weighted by Crippen LogP contribution is -2.13. The maximum Gasteiger partial charge on any atom is 0.251 e. The quantitative estimate of drug-likeness (QED) is 0.348. The highest BCUT2D eigenvalue weighted by atomic mass is 16.1. The average Bonchev–Trinajstić information content (AvgIpc) is 3.01. The molecular weight excluding hydrogens is 356 g/mol. The topological polar surface area (TPSA) is 48.0 Å². The molecule has 2 aromatic carbocycles. The zero-order valence-corrected chi connectivity index (χ0v) is 17.4. The van der Waals surface area contributed by atoms with E-state index in [1.807, 2.05) is 31.2 Å². The van der Waals surface area contributed by atoms with Crippen LogP contribution in [0.25, 0.3) is 22.3 Å². The maximum atomic E-state index is 12.4. The summed E-state index contributed by atoms with van der Waals surface area (Å²) in [7, 11) is 0. The van der Waals surface area contributed by atoms with Crippen molar-refractivity contribution in [1.82, 2.24) is 4.57 Å². The minimum absolute atomic E-state index is 0.371. The van der Waals surface area contributed by atoms with Crippen molar-refractivity contribution in [3.63, 3.8) is 0 Å². The Morgan fingerprint density at radius 3 is 2.21 bits per heavy atom. The fourth-order valence-corrected chi connectivity index (χ4v) is 4.05. The molecule has 2 N–H and O–H groups in total. The van der Waals surface area contributed by atoms with Gasteiger partial charge in [-0.1, -0.05) is 80.4 Å². The molecule has 0 fully saturated rings. The lowest BCUT2D eigenvalue weighted by molar-refractivity contribution is 0.1000. The lowest BCUT2D eigenvalue weighted by atomic mass is 9.95. The van der Waals surface area contributed by atoms with Crippen LogP contribution in [0.15, 0.2) is 67.3 Å². The van der Waals surface area contributed by atoms with E-state index < -0.39 is 0 Å². The third-order valence-electron chi connectivity index (χ3n) is 5.49. The molecule has 3 nitrogen and oxygen atoms in total. The smallest absolute Gasteiger partial charge is 0.251 e. The third-order valence-corrected chi connectivity index (χ3v) is 5.49. The van der Waals surface area contributed by atoms with E-state index in [9.17, 15) is 4.79 Å². The van der Waals surface area contributed by atoms with E-state index in [0.29, 0.717) is 12.1 Å². The number of nitrogens with two attached hydrogens (primary N) is 1. The highest BCUT2D eigenvalue weighted by molar-refractivity contribution is 6.02. The molecule has 0 atom stereocenters. The fraction of sp³-hybridized carbons (Fsp3) is 0.269. The molecule has 0 saturated heterocycles. The second-order valence-electron chi connectivity index (χ2n) is 7.45. The molecule has 3 heteroatoms. The summed E-state index contributed by atoms with van der Waals surface area (Å²) in [5.74, 6) is -0.371. The Balaban J connectivity index is 2.12. The van der Waals surface area contributed by atoms with Crippen molar-refractivity contribution in [1.29, 1.82) is 0 Å². The van der Waals surface area contributed by atoms with Gasteiger partial charge in [0.15, 0.2) is 0 Å². The molecule has 3 rings (SSSR count). The van der Waals surface area contributed by atoms with Crippen LogP contribution in [0, 0.1) is 6.92 Å². The molecular formula is C26H30N2O. The van der Waals surface area contributed by atoms with Crippen LogP contribution < -0.4 is 5.73 Å². The number of carbonyl (C=O) groups is 1. The molecule has 1 aromatic heterocycles. The van der Waals surface area contributed by atoms with E-state index in [1.54, 1.807) is 0 Å². The number of aromatic nitrogens is 1. The first-order valence-corrected chi connectivity index (χ1v) is 10.4. The van der Waals surface area contributed by atoms with E-state index in [2.05, 4.69) is 54.5 Å². The van der Waals surface area contributed by atoms with Gasteiger partial charge in [-0.25, -0.2) is 0 Å². The lowest BCUT2D eigenvalue weighted by Gasteiger charge is -2.12. The number of nitrogens with zero attached hydrogens (tertiary/aromatic N) is 1. The summed E-state index contributed by atoms with van der Waals surface area (Å²) in [4.78, 5) is 12.4. The van der Waals surface area contributed by atoms with Gasteiger partial charge in [-0.3, -0.25) is 4.79 Å². The van der Waals surface area contributed by atoms with Crippen molar-refractivity contribution >= 4 is 5.91 Å². The van der Waals surface area contributed by atoms with Gasteiger partial charge in [0.05, 0.1) is 5.56 Å². The van der Waals surface area contributed by atoms with Gasteiger partial charge in [0, 0.05) is 23.5 Å². The summed E-state index contributed by atoms with van der Waals surface area (Å²) >= 11 is 0. The molecule has 0 saturated carbocycles. The minimum Gasteiger partial charge on any atom is -0.366 e. The second kappa shape index (κ2) is 9.42. The molecule has 0 aliphatic carbocycles. The summed E-state index contributed by atoms with van der Waals surface area (Å²) in [6, 6.07) is 18.7. The van der Waals surface area contributed by atoms with Gasteiger partial charge in [-0.05, 0) is 36.5 Å². The number of carbonyl (C=O) groups excluding carboxylic acids is 1. The number of unbranched alkanes of at least 4 members (excludes halogenated alkanes) is 2. The normalized spacial score (nSPS) is 10.8. The second-order valence-corrected chi connectivity index (χ2v) is 7.45. The SMILES string of the molecule is C=CCn1c(C)c(C(N)=O)c(-c2ccc(-c3ccccc3)cc2)c1CCCCC. The summed E-state index contributed by atoms with van der Waals surface area (Å²) in [5, 5.41) is 0. The first kappa shape index (κ1) is 20.7. The Morgan fingerprint density at radius 2 is 1.62 bits per heavy atom. The Bertz CT molecular complexity index is 982. The molecule has 3 aromatic rings. The predicted molar refractivity (Wildman–Crippen MR) is 122 cm³/mol. The van der Waals surface area contributed by atoms with Crippen molar-refractivity contribution < 1.29 is 4.79 Å². The summed E-state index contributed by atoms with van der Waals surface area (Å²) < 4.78 is 2.20. The van der Waals surface area contributed by atoms with Crippen LogP contribution in [0.1, 0.15) is 47.9 Å². The van der Waals surface area contributed by atoms with Crippen molar-refractivity contribution in [2.75, 3.05) is 0 Å². The van der Waals surface area contributed by atoms with E-state index in [-0.39, 0.29) is 5.91 Å². The van der Waals surface area contributed by atoms with Gasteiger partial charge < -0.3 is 10.3 Å². The Morgan fingerprint density at radius 1 is 1.00 bits per heavy atom. The van der Waals surface area contributed by atoms with Crippen molar-refractivity contribution in [2.24, 2.45) is 5.73 Å². The third kappa shape index (κ3) is 4.34. The molecule has 150 valence electrons. The van der Waals surface area contributed by atoms with Gasteiger partial charge in [0.25, 0.3) is 5.91 Å².